The molecule has 0 spiro atoms. The standard InChI is InChI=1S/C36H44N2O6/c1-24(39)36(4)23-38(34(40)32-22-42-35(2,3)44-32)21-29(36)27-16-17-30(41-5)31(18-27)43-28-19-37(20-28)33(25-12-8-6-9-13-25)26-14-10-7-11-15-26/h6-18,24,28-29,32-33,39H,19-23H2,1-5H3/t24?,29-,32-,36-/m0/s1. The molecule has 3 aromatic carbocycles. The zero-order valence-electron chi connectivity index (χ0n) is 26.3. The van der Waals surface area contributed by atoms with E-state index in [0.717, 1.165) is 18.7 Å². The van der Waals surface area contributed by atoms with Crippen molar-refractivity contribution in [2.75, 3.05) is 39.9 Å². The van der Waals surface area contributed by atoms with Gasteiger partial charge in [0.1, 0.15) is 6.10 Å². The predicted molar refractivity (Wildman–Crippen MR) is 168 cm³/mol. The minimum Gasteiger partial charge on any atom is -0.493 e. The van der Waals surface area contributed by atoms with E-state index in [9.17, 15) is 9.90 Å². The van der Waals surface area contributed by atoms with Crippen molar-refractivity contribution >= 4 is 5.91 Å². The van der Waals surface area contributed by atoms with Gasteiger partial charge >= 0.3 is 0 Å². The molecule has 4 atom stereocenters. The molecule has 1 N–H and O–H groups in total. The Morgan fingerprint density at radius 2 is 1.57 bits per heavy atom. The van der Waals surface area contributed by atoms with Gasteiger partial charge in [-0.05, 0) is 49.6 Å². The van der Waals surface area contributed by atoms with E-state index in [4.69, 9.17) is 18.9 Å². The molecule has 3 fully saturated rings. The Morgan fingerprint density at radius 1 is 0.932 bits per heavy atom. The summed E-state index contributed by atoms with van der Waals surface area (Å²) < 4.78 is 23.8. The summed E-state index contributed by atoms with van der Waals surface area (Å²) in [5.74, 6) is 0.356. The third-order valence-corrected chi connectivity index (χ3v) is 9.64. The number of ether oxygens (including phenoxy) is 4. The summed E-state index contributed by atoms with van der Waals surface area (Å²) in [6, 6.07) is 27.3. The van der Waals surface area contributed by atoms with Gasteiger partial charge in [0.2, 0.25) is 0 Å². The van der Waals surface area contributed by atoms with Crippen molar-refractivity contribution in [3.63, 3.8) is 0 Å². The molecule has 8 nitrogen and oxygen atoms in total. The van der Waals surface area contributed by atoms with Crippen molar-refractivity contribution in [3.05, 3.63) is 95.6 Å². The number of nitrogens with zero attached hydrogens (tertiary/aromatic N) is 2. The van der Waals surface area contributed by atoms with Crippen LogP contribution >= 0.6 is 0 Å². The first-order chi connectivity index (χ1) is 21.1. The van der Waals surface area contributed by atoms with Crippen molar-refractivity contribution in [1.29, 1.82) is 0 Å². The molecule has 1 amide bonds. The van der Waals surface area contributed by atoms with Crippen LogP contribution in [0.4, 0.5) is 0 Å². The van der Waals surface area contributed by atoms with Gasteiger partial charge in [-0.1, -0.05) is 73.7 Å². The number of aliphatic hydroxyl groups is 1. The molecule has 1 unspecified atom stereocenters. The highest BCUT2D eigenvalue weighted by molar-refractivity contribution is 5.82. The number of hydrogen-bond donors (Lipinski definition) is 1. The zero-order valence-corrected chi connectivity index (χ0v) is 26.3. The van der Waals surface area contributed by atoms with Gasteiger partial charge in [-0.3, -0.25) is 9.69 Å². The second-order valence-electron chi connectivity index (χ2n) is 13.1. The van der Waals surface area contributed by atoms with Crippen LogP contribution in [0.1, 0.15) is 56.3 Å². The first kappa shape index (κ1) is 30.6. The molecule has 234 valence electrons. The number of carbonyl (C=O) groups excluding carboxylic acids is 1. The van der Waals surface area contributed by atoms with Gasteiger partial charge in [-0.15, -0.1) is 0 Å². The predicted octanol–water partition coefficient (Wildman–Crippen LogP) is 5.01. The number of likely N-dealkylation sites (tertiary alicyclic amines) is 2. The minimum absolute atomic E-state index is 0.00162. The first-order valence-corrected chi connectivity index (χ1v) is 15.5. The van der Waals surface area contributed by atoms with Crippen molar-refractivity contribution in [2.45, 2.75) is 63.8 Å². The maximum Gasteiger partial charge on any atom is 0.254 e. The van der Waals surface area contributed by atoms with Crippen molar-refractivity contribution in [2.24, 2.45) is 5.41 Å². The van der Waals surface area contributed by atoms with Crippen molar-refractivity contribution in [3.8, 4) is 11.5 Å². The van der Waals surface area contributed by atoms with E-state index in [-0.39, 0.29) is 30.6 Å². The fourth-order valence-corrected chi connectivity index (χ4v) is 6.93. The monoisotopic (exact) mass is 600 g/mol. The van der Waals surface area contributed by atoms with Crippen LogP contribution in [0.5, 0.6) is 11.5 Å². The number of carbonyl (C=O) groups is 1. The molecule has 0 saturated carbocycles. The Hall–Kier alpha value is -3.43. The van der Waals surface area contributed by atoms with E-state index in [0.29, 0.717) is 24.6 Å². The molecule has 3 aromatic rings. The fourth-order valence-electron chi connectivity index (χ4n) is 6.93. The third kappa shape index (κ3) is 5.96. The van der Waals surface area contributed by atoms with Crippen molar-refractivity contribution in [1.82, 2.24) is 9.80 Å². The number of benzene rings is 3. The third-order valence-electron chi connectivity index (χ3n) is 9.64. The number of methoxy groups -OCH3 is 1. The summed E-state index contributed by atoms with van der Waals surface area (Å²) >= 11 is 0. The number of aliphatic hydroxyl groups excluding tert-OH is 1. The van der Waals surface area contributed by atoms with Crippen LogP contribution in [0.15, 0.2) is 78.9 Å². The Labute approximate surface area is 260 Å². The maximum absolute atomic E-state index is 13.5. The lowest BCUT2D eigenvalue weighted by Gasteiger charge is -2.44. The molecule has 8 heteroatoms. The van der Waals surface area contributed by atoms with Crippen LogP contribution in [0.3, 0.4) is 0 Å². The summed E-state index contributed by atoms with van der Waals surface area (Å²) in [4.78, 5) is 17.7. The average molecular weight is 601 g/mol. The van der Waals surface area contributed by atoms with Crippen LogP contribution in [-0.2, 0) is 14.3 Å². The quantitative estimate of drug-likeness (QED) is 0.370. The molecule has 44 heavy (non-hydrogen) atoms. The van der Waals surface area contributed by atoms with Crippen LogP contribution < -0.4 is 9.47 Å². The minimum atomic E-state index is -0.783. The van der Waals surface area contributed by atoms with Crippen LogP contribution in [-0.4, -0.2) is 84.8 Å². The molecule has 3 aliphatic rings. The Kier molecular flexibility index (Phi) is 8.46. The lowest BCUT2D eigenvalue weighted by molar-refractivity contribution is -0.159. The van der Waals surface area contributed by atoms with Crippen LogP contribution in [0, 0.1) is 5.41 Å². The fraction of sp³-hybridized carbons (Fsp3) is 0.472. The molecule has 0 bridgehead atoms. The van der Waals surface area contributed by atoms with Gasteiger partial charge in [0.25, 0.3) is 5.91 Å². The van der Waals surface area contributed by atoms with Gasteiger partial charge in [0, 0.05) is 37.5 Å². The summed E-state index contributed by atoms with van der Waals surface area (Å²) in [6.45, 7) is 10.2. The van der Waals surface area contributed by atoms with Gasteiger partial charge < -0.3 is 29.0 Å². The highest BCUT2D eigenvalue weighted by atomic mass is 16.7. The Bertz CT molecular complexity index is 1400. The maximum atomic E-state index is 13.5. The second kappa shape index (κ2) is 12.2. The molecule has 0 aromatic heterocycles. The summed E-state index contributed by atoms with van der Waals surface area (Å²) in [7, 11) is 1.65. The highest BCUT2D eigenvalue weighted by Gasteiger charge is 2.51. The SMILES string of the molecule is COc1ccc([C@@H]2CN(C(=O)[C@@H]3COC(C)(C)O3)C[C@@]2(C)C(C)O)cc1OC1CN(C(c2ccccc2)c2ccccc2)C1. The van der Waals surface area contributed by atoms with E-state index in [1.165, 1.54) is 11.1 Å². The molecule has 6 rings (SSSR count). The molecule has 0 radical (unpaired) electrons. The molecular weight excluding hydrogens is 556 g/mol. The van der Waals surface area contributed by atoms with Crippen LogP contribution in [0.2, 0.25) is 0 Å². The van der Waals surface area contributed by atoms with Gasteiger partial charge in [0.15, 0.2) is 23.4 Å². The largest absolute Gasteiger partial charge is 0.493 e. The lowest BCUT2D eigenvalue weighted by Crippen LogP contribution is -2.55. The zero-order chi connectivity index (χ0) is 31.1. The highest BCUT2D eigenvalue weighted by Crippen LogP contribution is 2.47. The van der Waals surface area contributed by atoms with Gasteiger partial charge in [-0.25, -0.2) is 0 Å². The summed E-state index contributed by atoms with van der Waals surface area (Å²) in [6.07, 6.45) is -1.28. The Morgan fingerprint density at radius 3 is 2.11 bits per heavy atom. The van der Waals surface area contributed by atoms with E-state index in [1.807, 2.05) is 56.0 Å². The van der Waals surface area contributed by atoms with Crippen LogP contribution in [0.25, 0.3) is 0 Å². The van der Waals surface area contributed by atoms with E-state index in [1.54, 1.807) is 14.0 Å². The van der Waals surface area contributed by atoms with Gasteiger partial charge in [0.05, 0.1) is 25.9 Å². The number of amides is 1. The molecule has 3 heterocycles. The van der Waals surface area contributed by atoms with Crippen molar-refractivity contribution < 1.29 is 28.8 Å². The topological polar surface area (TPSA) is 80.7 Å². The summed E-state index contributed by atoms with van der Waals surface area (Å²) in [5, 5.41) is 11.0. The summed E-state index contributed by atoms with van der Waals surface area (Å²) in [5.41, 5.74) is 2.97. The smallest absolute Gasteiger partial charge is 0.254 e. The second-order valence-corrected chi connectivity index (χ2v) is 13.1. The molecule has 3 aliphatic heterocycles. The van der Waals surface area contributed by atoms with E-state index < -0.39 is 23.4 Å². The molecule has 3 saturated heterocycles. The van der Waals surface area contributed by atoms with E-state index >= 15 is 0 Å². The average Bonchev–Trinajstić information content (AvgIpc) is 3.56. The van der Waals surface area contributed by atoms with Gasteiger partial charge in [-0.2, -0.15) is 0 Å². The molecule has 0 aliphatic carbocycles. The normalized spacial score (nSPS) is 26.0. The van der Waals surface area contributed by atoms with E-state index in [2.05, 4.69) is 53.4 Å². The first-order valence-electron chi connectivity index (χ1n) is 15.5. The number of hydrogen-bond acceptors (Lipinski definition) is 7. The number of rotatable bonds is 9. The Balaban J connectivity index is 1.19. The molecular formula is C36H44N2O6. The lowest BCUT2D eigenvalue weighted by atomic mass is 9.72.